The molecule has 0 radical (unpaired) electrons. The number of hydrogen-bond acceptors (Lipinski definition) is 3. The number of unbranched alkanes of at least 4 members (excludes halogenated alkanes) is 2. The summed E-state index contributed by atoms with van der Waals surface area (Å²) in [7, 11) is 0. The zero-order valence-corrected chi connectivity index (χ0v) is 9.84. The van der Waals surface area contributed by atoms with E-state index < -0.39 is 0 Å². The second kappa shape index (κ2) is 5.85. The number of fused-ring (bicyclic) bond motifs is 1. The van der Waals surface area contributed by atoms with E-state index in [-0.39, 0.29) is 0 Å². The minimum absolute atomic E-state index is 0.803. The molecule has 0 aliphatic heterocycles. The summed E-state index contributed by atoms with van der Waals surface area (Å²) in [6.07, 6.45) is 7.13. The standard InChI is InChI=1S/C13H21N3/c14-9-2-1-3-10-15-13-8-7-11-5-4-6-12(11)16-13/h7-8H,1-6,9-10,14H2,(H,15,16). The van der Waals surface area contributed by atoms with E-state index in [1.54, 1.807) is 0 Å². The number of aryl methyl sites for hydroxylation is 2. The number of nitrogens with two attached hydrogens (primary N) is 1. The van der Waals surface area contributed by atoms with Gasteiger partial charge < -0.3 is 11.1 Å². The van der Waals surface area contributed by atoms with Gasteiger partial charge in [0.15, 0.2) is 0 Å². The molecule has 0 unspecified atom stereocenters. The van der Waals surface area contributed by atoms with Crippen LogP contribution in [-0.4, -0.2) is 18.1 Å². The first-order chi connectivity index (χ1) is 7.90. The predicted molar refractivity (Wildman–Crippen MR) is 67.7 cm³/mol. The van der Waals surface area contributed by atoms with Crippen LogP contribution in [0.5, 0.6) is 0 Å². The molecule has 88 valence electrons. The summed E-state index contributed by atoms with van der Waals surface area (Å²) in [5.41, 5.74) is 8.19. The predicted octanol–water partition coefficient (Wildman–Crippen LogP) is 2.11. The van der Waals surface area contributed by atoms with Crippen molar-refractivity contribution in [1.82, 2.24) is 4.98 Å². The van der Waals surface area contributed by atoms with E-state index in [1.807, 2.05) is 0 Å². The Morgan fingerprint density at radius 3 is 3.00 bits per heavy atom. The average Bonchev–Trinajstić information content (AvgIpc) is 2.76. The first-order valence-corrected chi connectivity index (χ1v) is 6.33. The Bertz CT molecular complexity index is 336. The van der Waals surface area contributed by atoms with Crippen molar-refractivity contribution < 1.29 is 0 Å². The molecule has 1 aliphatic carbocycles. The molecule has 1 heterocycles. The van der Waals surface area contributed by atoms with Crippen molar-refractivity contribution in [3.63, 3.8) is 0 Å². The van der Waals surface area contributed by atoms with Crippen LogP contribution in [0, 0.1) is 0 Å². The van der Waals surface area contributed by atoms with Crippen LogP contribution in [0.15, 0.2) is 12.1 Å². The number of anilines is 1. The van der Waals surface area contributed by atoms with Gasteiger partial charge in [0.25, 0.3) is 0 Å². The highest BCUT2D eigenvalue weighted by Crippen LogP contribution is 2.21. The molecule has 0 saturated heterocycles. The second-order valence-electron chi connectivity index (χ2n) is 4.43. The molecule has 1 aromatic rings. The van der Waals surface area contributed by atoms with Crippen molar-refractivity contribution in [1.29, 1.82) is 0 Å². The van der Waals surface area contributed by atoms with Gasteiger partial charge in [0, 0.05) is 12.2 Å². The minimum atomic E-state index is 0.803. The number of pyridine rings is 1. The van der Waals surface area contributed by atoms with Crippen LogP contribution in [0.3, 0.4) is 0 Å². The molecule has 0 amide bonds. The van der Waals surface area contributed by atoms with Crippen molar-refractivity contribution in [3.05, 3.63) is 23.4 Å². The number of nitrogens with zero attached hydrogens (tertiary/aromatic N) is 1. The molecule has 0 fully saturated rings. The SMILES string of the molecule is NCCCCCNc1ccc2c(n1)CCC2. The molecular weight excluding hydrogens is 198 g/mol. The van der Waals surface area contributed by atoms with E-state index in [1.165, 1.54) is 36.9 Å². The summed E-state index contributed by atoms with van der Waals surface area (Å²) in [6.45, 7) is 1.81. The lowest BCUT2D eigenvalue weighted by Gasteiger charge is -2.07. The largest absolute Gasteiger partial charge is 0.370 e. The maximum Gasteiger partial charge on any atom is 0.126 e. The lowest BCUT2D eigenvalue weighted by Crippen LogP contribution is -2.06. The van der Waals surface area contributed by atoms with Gasteiger partial charge in [0.1, 0.15) is 5.82 Å². The number of hydrogen-bond donors (Lipinski definition) is 2. The van der Waals surface area contributed by atoms with Crippen LogP contribution in [0.2, 0.25) is 0 Å². The van der Waals surface area contributed by atoms with Gasteiger partial charge in [-0.05, 0) is 50.3 Å². The van der Waals surface area contributed by atoms with Crippen molar-refractivity contribution in [2.45, 2.75) is 38.5 Å². The monoisotopic (exact) mass is 219 g/mol. The van der Waals surface area contributed by atoms with Crippen molar-refractivity contribution >= 4 is 5.82 Å². The Hall–Kier alpha value is -1.09. The van der Waals surface area contributed by atoms with Gasteiger partial charge >= 0.3 is 0 Å². The maximum absolute atomic E-state index is 5.45. The Morgan fingerprint density at radius 1 is 1.19 bits per heavy atom. The average molecular weight is 219 g/mol. The molecule has 3 heteroatoms. The number of nitrogens with one attached hydrogen (secondary N) is 1. The van der Waals surface area contributed by atoms with Gasteiger partial charge in [-0.2, -0.15) is 0 Å². The van der Waals surface area contributed by atoms with Gasteiger partial charge in [-0.15, -0.1) is 0 Å². The third-order valence-corrected chi connectivity index (χ3v) is 3.12. The molecule has 3 N–H and O–H groups in total. The molecule has 1 aliphatic rings. The minimum Gasteiger partial charge on any atom is -0.370 e. The Morgan fingerprint density at radius 2 is 2.12 bits per heavy atom. The lowest BCUT2D eigenvalue weighted by molar-refractivity contribution is 0.706. The zero-order valence-electron chi connectivity index (χ0n) is 9.84. The number of aromatic nitrogens is 1. The van der Waals surface area contributed by atoms with Crippen LogP contribution in [0.25, 0.3) is 0 Å². The quantitative estimate of drug-likeness (QED) is 0.720. The van der Waals surface area contributed by atoms with Crippen molar-refractivity contribution in [2.24, 2.45) is 5.73 Å². The summed E-state index contributed by atoms with van der Waals surface area (Å²) < 4.78 is 0. The van der Waals surface area contributed by atoms with E-state index in [4.69, 9.17) is 5.73 Å². The summed E-state index contributed by atoms with van der Waals surface area (Å²) in [5, 5.41) is 3.38. The molecule has 1 aromatic heterocycles. The lowest BCUT2D eigenvalue weighted by atomic mass is 10.2. The topological polar surface area (TPSA) is 50.9 Å². The van der Waals surface area contributed by atoms with E-state index in [2.05, 4.69) is 22.4 Å². The normalized spacial score (nSPS) is 13.8. The van der Waals surface area contributed by atoms with E-state index in [0.29, 0.717) is 0 Å². The molecule has 0 bridgehead atoms. The van der Waals surface area contributed by atoms with Crippen LogP contribution in [0.1, 0.15) is 36.9 Å². The first-order valence-electron chi connectivity index (χ1n) is 6.33. The highest BCUT2D eigenvalue weighted by molar-refractivity contribution is 5.40. The molecule has 0 aromatic carbocycles. The highest BCUT2D eigenvalue weighted by atomic mass is 15.0. The highest BCUT2D eigenvalue weighted by Gasteiger charge is 2.11. The van der Waals surface area contributed by atoms with Crippen molar-refractivity contribution in [2.75, 3.05) is 18.4 Å². The molecule has 2 rings (SSSR count). The first kappa shape index (κ1) is 11.4. The summed E-state index contributed by atoms with van der Waals surface area (Å²) in [4.78, 5) is 4.64. The van der Waals surface area contributed by atoms with Crippen LogP contribution in [0.4, 0.5) is 5.82 Å². The van der Waals surface area contributed by atoms with E-state index >= 15 is 0 Å². The van der Waals surface area contributed by atoms with Crippen LogP contribution >= 0.6 is 0 Å². The van der Waals surface area contributed by atoms with Gasteiger partial charge in [-0.25, -0.2) is 4.98 Å². The summed E-state index contributed by atoms with van der Waals surface area (Å²) in [5.74, 6) is 1.04. The Balaban J connectivity index is 1.77. The van der Waals surface area contributed by atoms with Crippen molar-refractivity contribution in [3.8, 4) is 0 Å². The molecular formula is C13H21N3. The van der Waals surface area contributed by atoms with E-state index in [9.17, 15) is 0 Å². The van der Waals surface area contributed by atoms with Gasteiger partial charge in [-0.3, -0.25) is 0 Å². The van der Waals surface area contributed by atoms with Gasteiger partial charge in [0.05, 0.1) is 0 Å². The summed E-state index contributed by atoms with van der Waals surface area (Å²) >= 11 is 0. The Kier molecular flexibility index (Phi) is 4.17. The fourth-order valence-corrected chi connectivity index (χ4v) is 2.18. The van der Waals surface area contributed by atoms with E-state index in [0.717, 1.165) is 31.7 Å². The molecule has 3 nitrogen and oxygen atoms in total. The maximum atomic E-state index is 5.45. The molecule has 0 saturated carbocycles. The molecule has 0 atom stereocenters. The van der Waals surface area contributed by atoms with Gasteiger partial charge in [-0.1, -0.05) is 12.5 Å². The smallest absolute Gasteiger partial charge is 0.126 e. The fourth-order valence-electron chi connectivity index (χ4n) is 2.18. The third-order valence-electron chi connectivity index (χ3n) is 3.12. The fraction of sp³-hybridized carbons (Fsp3) is 0.615. The molecule has 16 heavy (non-hydrogen) atoms. The van der Waals surface area contributed by atoms with Crippen LogP contribution < -0.4 is 11.1 Å². The third kappa shape index (κ3) is 2.95. The molecule has 0 spiro atoms. The summed E-state index contributed by atoms with van der Waals surface area (Å²) in [6, 6.07) is 4.32. The number of rotatable bonds is 6. The zero-order chi connectivity index (χ0) is 11.2. The Labute approximate surface area is 97.5 Å². The van der Waals surface area contributed by atoms with Gasteiger partial charge in [0.2, 0.25) is 0 Å². The van der Waals surface area contributed by atoms with Crippen LogP contribution in [-0.2, 0) is 12.8 Å². The second-order valence-corrected chi connectivity index (χ2v) is 4.43.